The fourth-order valence-electron chi connectivity index (χ4n) is 2.28. The SMILES string of the molecule is NNc1ncc(C(=O)N2CCC(CCO)C2)cc1Cl. The highest BCUT2D eigenvalue weighted by Crippen LogP contribution is 2.23. The van der Waals surface area contributed by atoms with Crippen LogP contribution in [0, 0.1) is 5.92 Å². The molecule has 1 aliphatic rings. The number of carbonyl (C=O) groups is 1. The first-order valence-corrected chi connectivity index (χ1v) is 6.55. The monoisotopic (exact) mass is 284 g/mol. The molecule has 1 fully saturated rings. The molecule has 1 saturated heterocycles. The topological polar surface area (TPSA) is 91.5 Å². The first-order chi connectivity index (χ1) is 9.15. The van der Waals surface area contributed by atoms with Gasteiger partial charge in [-0.15, -0.1) is 0 Å². The number of nitrogen functional groups attached to an aromatic ring is 1. The minimum Gasteiger partial charge on any atom is -0.396 e. The minimum absolute atomic E-state index is 0.0848. The van der Waals surface area contributed by atoms with Crippen LogP contribution < -0.4 is 11.3 Å². The molecule has 0 aliphatic carbocycles. The van der Waals surface area contributed by atoms with E-state index < -0.39 is 0 Å². The number of rotatable bonds is 4. The van der Waals surface area contributed by atoms with E-state index in [1.807, 2.05) is 0 Å². The fraction of sp³-hybridized carbons (Fsp3) is 0.500. The van der Waals surface area contributed by atoms with Crippen molar-refractivity contribution in [2.45, 2.75) is 12.8 Å². The van der Waals surface area contributed by atoms with Crippen molar-refractivity contribution in [2.75, 3.05) is 25.1 Å². The Hall–Kier alpha value is -1.37. The lowest BCUT2D eigenvalue weighted by molar-refractivity contribution is 0.0784. The van der Waals surface area contributed by atoms with Gasteiger partial charge >= 0.3 is 0 Å². The van der Waals surface area contributed by atoms with Crippen molar-refractivity contribution < 1.29 is 9.90 Å². The van der Waals surface area contributed by atoms with Crippen molar-refractivity contribution in [3.8, 4) is 0 Å². The summed E-state index contributed by atoms with van der Waals surface area (Å²) in [6, 6.07) is 1.56. The number of nitrogens with one attached hydrogen (secondary N) is 1. The van der Waals surface area contributed by atoms with Crippen molar-refractivity contribution in [1.29, 1.82) is 0 Å². The molecule has 1 aliphatic heterocycles. The van der Waals surface area contributed by atoms with Gasteiger partial charge < -0.3 is 15.4 Å². The summed E-state index contributed by atoms with van der Waals surface area (Å²) >= 11 is 5.95. The molecule has 1 aromatic rings. The van der Waals surface area contributed by atoms with E-state index in [4.69, 9.17) is 22.6 Å². The number of hydrogen-bond acceptors (Lipinski definition) is 5. The molecule has 0 radical (unpaired) electrons. The predicted molar refractivity (Wildman–Crippen MR) is 72.8 cm³/mol. The zero-order valence-electron chi connectivity index (χ0n) is 10.5. The van der Waals surface area contributed by atoms with Crippen molar-refractivity contribution in [1.82, 2.24) is 9.88 Å². The molecule has 0 aromatic carbocycles. The summed E-state index contributed by atoms with van der Waals surface area (Å²) in [6.45, 7) is 1.54. The number of aliphatic hydroxyl groups is 1. The van der Waals surface area contributed by atoms with Crippen molar-refractivity contribution in [3.05, 3.63) is 22.8 Å². The Morgan fingerprint density at radius 1 is 1.68 bits per heavy atom. The van der Waals surface area contributed by atoms with Crippen LogP contribution in [0.15, 0.2) is 12.3 Å². The molecule has 104 valence electrons. The van der Waals surface area contributed by atoms with Crippen LogP contribution in [-0.2, 0) is 0 Å². The van der Waals surface area contributed by atoms with Gasteiger partial charge in [-0.3, -0.25) is 4.79 Å². The third kappa shape index (κ3) is 3.15. The summed E-state index contributed by atoms with van der Waals surface area (Å²) < 4.78 is 0. The van der Waals surface area contributed by atoms with E-state index in [1.165, 1.54) is 6.20 Å². The van der Waals surface area contributed by atoms with Gasteiger partial charge in [0.15, 0.2) is 5.82 Å². The molecule has 2 rings (SSSR count). The molecule has 4 N–H and O–H groups in total. The summed E-state index contributed by atoms with van der Waals surface area (Å²) in [5, 5.41) is 9.23. The zero-order chi connectivity index (χ0) is 13.8. The number of aromatic nitrogens is 1. The Labute approximate surface area is 116 Å². The number of likely N-dealkylation sites (tertiary alicyclic amines) is 1. The Morgan fingerprint density at radius 3 is 3.11 bits per heavy atom. The molecule has 6 nitrogen and oxygen atoms in total. The Morgan fingerprint density at radius 2 is 2.47 bits per heavy atom. The van der Waals surface area contributed by atoms with Gasteiger partial charge in [0, 0.05) is 25.9 Å². The maximum atomic E-state index is 12.3. The summed E-state index contributed by atoms with van der Waals surface area (Å²) in [5.74, 6) is 5.87. The summed E-state index contributed by atoms with van der Waals surface area (Å²) in [5.41, 5.74) is 2.81. The van der Waals surface area contributed by atoms with Gasteiger partial charge in [-0.05, 0) is 24.8 Å². The second-order valence-electron chi connectivity index (χ2n) is 4.62. The summed E-state index contributed by atoms with van der Waals surface area (Å²) in [7, 11) is 0. The number of hydrogen-bond donors (Lipinski definition) is 3. The van der Waals surface area contributed by atoms with Crippen LogP contribution in [0.5, 0.6) is 0 Å². The lowest BCUT2D eigenvalue weighted by atomic mass is 10.1. The van der Waals surface area contributed by atoms with Gasteiger partial charge in [-0.2, -0.15) is 0 Å². The lowest BCUT2D eigenvalue weighted by Gasteiger charge is -2.16. The van der Waals surface area contributed by atoms with Crippen molar-refractivity contribution in [2.24, 2.45) is 11.8 Å². The maximum absolute atomic E-state index is 12.3. The second-order valence-corrected chi connectivity index (χ2v) is 5.02. The van der Waals surface area contributed by atoms with E-state index in [1.54, 1.807) is 11.0 Å². The van der Waals surface area contributed by atoms with E-state index in [2.05, 4.69) is 10.4 Å². The van der Waals surface area contributed by atoms with E-state index >= 15 is 0 Å². The van der Waals surface area contributed by atoms with Crippen LogP contribution in [-0.4, -0.2) is 40.6 Å². The number of pyridine rings is 1. The molecule has 7 heteroatoms. The molecule has 0 spiro atoms. The summed E-state index contributed by atoms with van der Waals surface area (Å²) in [4.78, 5) is 18.0. The molecular formula is C12H17ClN4O2. The van der Waals surface area contributed by atoms with Crippen LogP contribution in [0.4, 0.5) is 5.82 Å². The van der Waals surface area contributed by atoms with Gasteiger partial charge in [-0.1, -0.05) is 11.6 Å². The molecule has 1 aromatic heterocycles. The summed E-state index contributed by atoms with van der Waals surface area (Å²) in [6.07, 6.45) is 3.12. The molecular weight excluding hydrogens is 268 g/mol. The molecule has 0 saturated carbocycles. The quantitative estimate of drug-likeness (QED) is 0.563. The maximum Gasteiger partial charge on any atom is 0.255 e. The highest BCUT2D eigenvalue weighted by Gasteiger charge is 2.26. The first kappa shape index (κ1) is 14.0. The molecule has 1 amide bonds. The molecule has 0 bridgehead atoms. The standard InChI is InChI=1S/C12H17ClN4O2/c13-10-5-9(6-15-11(10)16-14)12(19)17-3-1-8(7-17)2-4-18/h5-6,8,18H,1-4,7,14H2,(H,15,16). The van der Waals surface area contributed by atoms with Gasteiger partial charge in [0.25, 0.3) is 5.91 Å². The van der Waals surface area contributed by atoms with Crippen LogP contribution in [0.3, 0.4) is 0 Å². The average Bonchev–Trinajstić information content (AvgIpc) is 2.87. The predicted octanol–water partition coefficient (Wildman–Crippen LogP) is 0.865. The van der Waals surface area contributed by atoms with Crippen LogP contribution in [0.25, 0.3) is 0 Å². The van der Waals surface area contributed by atoms with Gasteiger partial charge in [-0.25, -0.2) is 10.8 Å². The highest BCUT2D eigenvalue weighted by atomic mass is 35.5. The normalized spacial score (nSPS) is 18.7. The number of nitrogens with two attached hydrogens (primary N) is 1. The van der Waals surface area contributed by atoms with Gasteiger partial charge in [0.2, 0.25) is 0 Å². The molecule has 1 unspecified atom stereocenters. The van der Waals surface area contributed by atoms with E-state index in [9.17, 15) is 4.79 Å². The second kappa shape index (κ2) is 6.18. The number of nitrogens with zero attached hydrogens (tertiary/aromatic N) is 2. The number of aliphatic hydroxyl groups excluding tert-OH is 1. The average molecular weight is 285 g/mol. The third-order valence-electron chi connectivity index (χ3n) is 3.34. The van der Waals surface area contributed by atoms with Crippen molar-refractivity contribution >= 4 is 23.3 Å². The number of carbonyl (C=O) groups excluding carboxylic acids is 1. The van der Waals surface area contributed by atoms with Gasteiger partial charge in [0.05, 0.1) is 10.6 Å². The lowest BCUT2D eigenvalue weighted by Crippen LogP contribution is -2.29. The molecule has 1 atom stereocenters. The smallest absolute Gasteiger partial charge is 0.255 e. The van der Waals surface area contributed by atoms with E-state index in [-0.39, 0.29) is 12.5 Å². The largest absolute Gasteiger partial charge is 0.396 e. The van der Waals surface area contributed by atoms with E-state index in [0.29, 0.717) is 35.4 Å². The number of halogens is 1. The highest BCUT2D eigenvalue weighted by molar-refractivity contribution is 6.33. The van der Waals surface area contributed by atoms with E-state index in [0.717, 1.165) is 12.8 Å². The van der Waals surface area contributed by atoms with Crippen molar-refractivity contribution in [3.63, 3.8) is 0 Å². The molecule has 19 heavy (non-hydrogen) atoms. The van der Waals surface area contributed by atoms with Gasteiger partial charge in [0.1, 0.15) is 0 Å². The zero-order valence-corrected chi connectivity index (χ0v) is 11.2. The number of hydrazine groups is 1. The number of amides is 1. The Kier molecular flexibility index (Phi) is 4.57. The Bertz CT molecular complexity index is 469. The fourth-order valence-corrected chi connectivity index (χ4v) is 2.50. The van der Waals surface area contributed by atoms with Crippen LogP contribution >= 0.6 is 11.6 Å². The Balaban J connectivity index is 2.06. The molecule has 2 heterocycles. The van der Waals surface area contributed by atoms with Crippen LogP contribution in [0.2, 0.25) is 5.02 Å². The first-order valence-electron chi connectivity index (χ1n) is 6.18. The minimum atomic E-state index is -0.0848. The third-order valence-corrected chi connectivity index (χ3v) is 3.62. The van der Waals surface area contributed by atoms with Crippen LogP contribution in [0.1, 0.15) is 23.2 Å². The number of anilines is 1.